The predicted molar refractivity (Wildman–Crippen MR) is 79.1 cm³/mol. The molecule has 0 heterocycles. The van der Waals surface area contributed by atoms with Gasteiger partial charge in [0, 0.05) is 0 Å². The second-order valence-electron chi connectivity index (χ2n) is 6.06. The molecule has 2 rings (SSSR count). The minimum atomic E-state index is -0.391. The summed E-state index contributed by atoms with van der Waals surface area (Å²) in [6, 6.07) is 7.06. The fraction of sp³-hybridized carbons (Fsp3) is 0.588. The zero-order valence-corrected chi connectivity index (χ0v) is 12.6. The number of rotatable bonds is 4. The summed E-state index contributed by atoms with van der Waals surface area (Å²) in [7, 11) is 1.61. The summed E-state index contributed by atoms with van der Waals surface area (Å²) in [6.07, 6.45) is 6.10. The van der Waals surface area contributed by atoms with Crippen molar-refractivity contribution < 1.29 is 14.3 Å². The van der Waals surface area contributed by atoms with Crippen molar-refractivity contribution in [1.82, 2.24) is 0 Å². The predicted octanol–water partition coefficient (Wildman–Crippen LogP) is 4.21. The lowest BCUT2D eigenvalue weighted by Gasteiger charge is -2.36. The first-order valence-corrected chi connectivity index (χ1v) is 7.40. The van der Waals surface area contributed by atoms with Crippen LogP contribution in [0.4, 0.5) is 0 Å². The molecule has 0 aromatic heterocycles. The van der Waals surface area contributed by atoms with E-state index in [9.17, 15) is 4.79 Å². The lowest BCUT2D eigenvalue weighted by molar-refractivity contribution is -0.0384. The van der Waals surface area contributed by atoms with Gasteiger partial charge in [-0.1, -0.05) is 19.3 Å². The summed E-state index contributed by atoms with van der Waals surface area (Å²) in [6.45, 7) is 4.06. The molecule has 0 spiro atoms. The van der Waals surface area contributed by atoms with Gasteiger partial charge in [0.1, 0.15) is 11.4 Å². The molecule has 20 heavy (non-hydrogen) atoms. The van der Waals surface area contributed by atoms with E-state index in [1.807, 2.05) is 13.8 Å². The molecule has 0 saturated heterocycles. The maximum absolute atomic E-state index is 12.2. The fourth-order valence-electron chi connectivity index (χ4n) is 2.91. The number of ether oxygens (including phenoxy) is 2. The van der Waals surface area contributed by atoms with Gasteiger partial charge in [-0.05, 0) is 56.9 Å². The molecule has 0 radical (unpaired) electrons. The lowest BCUT2D eigenvalue weighted by Crippen LogP contribution is -2.37. The third kappa shape index (κ3) is 3.53. The Labute approximate surface area is 121 Å². The summed E-state index contributed by atoms with van der Waals surface area (Å²) < 4.78 is 10.9. The Morgan fingerprint density at radius 2 is 1.70 bits per heavy atom. The van der Waals surface area contributed by atoms with E-state index < -0.39 is 5.60 Å². The van der Waals surface area contributed by atoms with Crippen LogP contribution in [0.2, 0.25) is 0 Å². The van der Waals surface area contributed by atoms with Crippen LogP contribution in [-0.4, -0.2) is 18.7 Å². The van der Waals surface area contributed by atoms with Gasteiger partial charge in [-0.15, -0.1) is 0 Å². The molecule has 0 aliphatic heterocycles. The zero-order chi connectivity index (χ0) is 14.6. The summed E-state index contributed by atoms with van der Waals surface area (Å²) in [4.78, 5) is 12.2. The van der Waals surface area contributed by atoms with Gasteiger partial charge in [-0.25, -0.2) is 4.79 Å². The highest BCUT2D eigenvalue weighted by atomic mass is 16.6. The summed E-state index contributed by atoms with van der Waals surface area (Å²) in [5, 5.41) is 0. The number of hydrogen-bond acceptors (Lipinski definition) is 3. The van der Waals surface area contributed by atoms with Crippen molar-refractivity contribution in [2.75, 3.05) is 7.11 Å². The van der Waals surface area contributed by atoms with Crippen LogP contribution in [0.15, 0.2) is 24.3 Å². The summed E-state index contributed by atoms with van der Waals surface area (Å²) in [5.41, 5.74) is 0.187. The Kier molecular flexibility index (Phi) is 4.69. The maximum Gasteiger partial charge on any atom is 0.338 e. The van der Waals surface area contributed by atoms with E-state index in [1.54, 1.807) is 31.4 Å². The smallest absolute Gasteiger partial charge is 0.338 e. The van der Waals surface area contributed by atoms with Crippen molar-refractivity contribution in [2.24, 2.45) is 5.92 Å². The number of esters is 1. The summed E-state index contributed by atoms with van der Waals surface area (Å²) >= 11 is 0. The average molecular weight is 276 g/mol. The first-order chi connectivity index (χ1) is 9.53. The van der Waals surface area contributed by atoms with E-state index in [0.717, 1.165) is 18.6 Å². The van der Waals surface area contributed by atoms with Crippen LogP contribution in [0.1, 0.15) is 56.3 Å². The highest BCUT2D eigenvalue weighted by Gasteiger charge is 2.34. The molecule has 0 amide bonds. The van der Waals surface area contributed by atoms with Crippen LogP contribution in [0.25, 0.3) is 0 Å². The Hall–Kier alpha value is -1.51. The van der Waals surface area contributed by atoms with Crippen LogP contribution >= 0.6 is 0 Å². The highest BCUT2D eigenvalue weighted by molar-refractivity contribution is 5.89. The van der Waals surface area contributed by atoms with Crippen LogP contribution in [0.5, 0.6) is 5.75 Å². The molecule has 0 atom stereocenters. The molecule has 110 valence electrons. The quantitative estimate of drug-likeness (QED) is 0.773. The fourth-order valence-corrected chi connectivity index (χ4v) is 2.91. The molecule has 1 aliphatic carbocycles. The van der Waals surface area contributed by atoms with Crippen molar-refractivity contribution in [1.29, 1.82) is 0 Å². The highest BCUT2D eigenvalue weighted by Crippen LogP contribution is 2.35. The first kappa shape index (κ1) is 14.9. The van der Waals surface area contributed by atoms with Gasteiger partial charge < -0.3 is 9.47 Å². The number of methoxy groups -OCH3 is 1. The first-order valence-electron chi connectivity index (χ1n) is 7.40. The normalized spacial score (nSPS) is 16.8. The Balaban J connectivity index is 2.01. The third-order valence-electron chi connectivity index (χ3n) is 4.27. The van der Waals surface area contributed by atoms with Crippen LogP contribution in [0.3, 0.4) is 0 Å². The number of hydrogen-bond donors (Lipinski definition) is 0. The van der Waals surface area contributed by atoms with E-state index in [-0.39, 0.29) is 5.97 Å². The van der Waals surface area contributed by atoms with E-state index >= 15 is 0 Å². The molecule has 3 heteroatoms. The Bertz CT molecular complexity index is 442. The van der Waals surface area contributed by atoms with Gasteiger partial charge in [0.25, 0.3) is 0 Å². The molecule has 1 aliphatic rings. The molecule has 0 N–H and O–H groups in total. The molecular weight excluding hydrogens is 252 g/mol. The third-order valence-corrected chi connectivity index (χ3v) is 4.27. The van der Waals surface area contributed by atoms with Gasteiger partial charge in [0.15, 0.2) is 0 Å². The van der Waals surface area contributed by atoms with Crippen molar-refractivity contribution in [3.05, 3.63) is 29.8 Å². The minimum Gasteiger partial charge on any atom is -0.497 e. The average Bonchev–Trinajstić information content (AvgIpc) is 2.48. The molecular formula is C17H24O3. The van der Waals surface area contributed by atoms with Gasteiger partial charge in [0.2, 0.25) is 0 Å². The van der Waals surface area contributed by atoms with Gasteiger partial charge in [-0.2, -0.15) is 0 Å². The van der Waals surface area contributed by atoms with Gasteiger partial charge >= 0.3 is 5.97 Å². The largest absolute Gasteiger partial charge is 0.497 e. The van der Waals surface area contributed by atoms with Crippen molar-refractivity contribution in [2.45, 2.75) is 51.6 Å². The molecule has 1 aromatic rings. The number of benzene rings is 1. The van der Waals surface area contributed by atoms with Gasteiger partial charge in [0.05, 0.1) is 12.7 Å². The van der Waals surface area contributed by atoms with E-state index in [4.69, 9.17) is 9.47 Å². The lowest BCUT2D eigenvalue weighted by atomic mass is 9.79. The van der Waals surface area contributed by atoms with E-state index in [1.165, 1.54) is 19.3 Å². The van der Waals surface area contributed by atoms with Crippen molar-refractivity contribution in [3.63, 3.8) is 0 Å². The van der Waals surface area contributed by atoms with Crippen molar-refractivity contribution in [3.8, 4) is 5.75 Å². The minimum absolute atomic E-state index is 0.247. The Morgan fingerprint density at radius 3 is 2.25 bits per heavy atom. The maximum atomic E-state index is 12.2. The van der Waals surface area contributed by atoms with Gasteiger partial charge in [-0.3, -0.25) is 0 Å². The zero-order valence-electron chi connectivity index (χ0n) is 12.6. The SMILES string of the molecule is COc1ccc(C(=O)OC(C)(C)C2CCCCC2)cc1. The summed E-state index contributed by atoms with van der Waals surface area (Å²) in [5.74, 6) is 0.967. The molecule has 0 bridgehead atoms. The molecule has 0 unspecified atom stereocenters. The molecule has 1 aromatic carbocycles. The monoisotopic (exact) mass is 276 g/mol. The van der Waals surface area contributed by atoms with Crippen LogP contribution in [0, 0.1) is 5.92 Å². The second-order valence-corrected chi connectivity index (χ2v) is 6.06. The number of carbonyl (C=O) groups is 1. The van der Waals surface area contributed by atoms with Crippen LogP contribution < -0.4 is 4.74 Å². The van der Waals surface area contributed by atoms with Crippen molar-refractivity contribution >= 4 is 5.97 Å². The second kappa shape index (κ2) is 6.29. The molecule has 3 nitrogen and oxygen atoms in total. The molecule has 1 fully saturated rings. The van der Waals surface area contributed by atoms with E-state index in [2.05, 4.69) is 0 Å². The number of carbonyl (C=O) groups excluding carboxylic acids is 1. The topological polar surface area (TPSA) is 35.5 Å². The standard InChI is InChI=1S/C17H24O3/c1-17(2,14-7-5-4-6-8-14)20-16(18)13-9-11-15(19-3)12-10-13/h9-12,14H,4-8H2,1-3H3. The molecule has 1 saturated carbocycles. The Morgan fingerprint density at radius 1 is 1.10 bits per heavy atom. The van der Waals surface area contributed by atoms with E-state index in [0.29, 0.717) is 11.5 Å². The van der Waals surface area contributed by atoms with Crippen LogP contribution in [-0.2, 0) is 4.74 Å².